The minimum atomic E-state index is -0.936. The molecule has 2 amide bonds. The van der Waals surface area contributed by atoms with Crippen molar-refractivity contribution in [3.8, 4) is 0 Å². The standard InChI is InChI=1S/C21H23F2N3O3/c1-10-13(5-6-14(22)17(10)23)16-11(2)21(3,4)29-18(16)20(28)26-12-7-8-25-15(9-12)19(24)27/h5-9,11,16,18H,1-4H3,(H2,24,27)(H,25,26,28)/t11-,16-,18+/m1/s1. The van der Waals surface area contributed by atoms with Crippen LogP contribution in [0.2, 0.25) is 0 Å². The lowest BCUT2D eigenvalue weighted by Crippen LogP contribution is -2.33. The van der Waals surface area contributed by atoms with Gasteiger partial charge in [-0.25, -0.2) is 8.78 Å². The van der Waals surface area contributed by atoms with Gasteiger partial charge in [0.05, 0.1) is 5.60 Å². The zero-order valence-corrected chi connectivity index (χ0v) is 16.6. The highest BCUT2D eigenvalue weighted by atomic mass is 19.2. The quantitative estimate of drug-likeness (QED) is 0.819. The fourth-order valence-corrected chi connectivity index (χ4v) is 3.74. The molecule has 3 N–H and O–H groups in total. The number of nitrogens with one attached hydrogen (secondary N) is 1. The van der Waals surface area contributed by atoms with Gasteiger partial charge in [0.25, 0.3) is 11.8 Å². The van der Waals surface area contributed by atoms with Crippen LogP contribution in [0.5, 0.6) is 0 Å². The van der Waals surface area contributed by atoms with E-state index in [0.717, 1.165) is 6.07 Å². The molecule has 0 aliphatic carbocycles. The molecule has 1 saturated heterocycles. The highest BCUT2D eigenvalue weighted by Crippen LogP contribution is 2.47. The number of hydrogen-bond donors (Lipinski definition) is 2. The van der Waals surface area contributed by atoms with E-state index >= 15 is 0 Å². The lowest BCUT2D eigenvalue weighted by molar-refractivity contribution is -0.131. The number of anilines is 1. The summed E-state index contributed by atoms with van der Waals surface area (Å²) in [4.78, 5) is 28.2. The summed E-state index contributed by atoms with van der Waals surface area (Å²) in [5.41, 5.74) is 5.58. The third-order valence-electron chi connectivity index (χ3n) is 5.67. The molecule has 2 heterocycles. The molecule has 3 rings (SSSR count). The Labute approximate surface area is 167 Å². The number of carbonyl (C=O) groups excluding carboxylic acids is 2. The summed E-state index contributed by atoms with van der Waals surface area (Å²) in [7, 11) is 0. The van der Waals surface area contributed by atoms with Crippen LogP contribution >= 0.6 is 0 Å². The van der Waals surface area contributed by atoms with Gasteiger partial charge in [-0.3, -0.25) is 14.6 Å². The lowest BCUT2D eigenvalue weighted by atomic mass is 9.77. The van der Waals surface area contributed by atoms with E-state index < -0.39 is 41.1 Å². The SMILES string of the molecule is Cc1c([C@@H]2[C@@H](C(=O)Nc3ccnc(C(N)=O)c3)OC(C)(C)[C@@H]2C)ccc(F)c1F. The van der Waals surface area contributed by atoms with E-state index in [1.54, 1.807) is 0 Å². The van der Waals surface area contributed by atoms with Crippen molar-refractivity contribution >= 4 is 17.5 Å². The number of carbonyl (C=O) groups is 2. The van der Waals surface area contributed by atoms with Gasteiger partial charge in [0, 0.05) is 17.8 Å². The molecule has 1 fully saturated rings. The first-order valence-corrected chi connectivity index (χ1v) is 9.22. The van der Waals surface area contributed by atoms with Crippen LogP contribution in [0.25, 0.3) is 0 Å². The van der Waals surface area contributed by atoms with Gasteiger partial charge in [0.1, 0.15) is 11.8 Å². The minimum Gasteiger partial charge on any atom is -0.364 e. The smallest absolute Gasteiger partial charge is 0.267 e. The summed E-state index contributed by atoms with van der Waals surface area (Å²) in [6.07, 6.45) is 0.420. The Balaban J connectivity index is 1.96. The Morgan fingerprint density at radius 3 is 2.59 bits per heavy atom. The van der Waals surface area contributed by atoms with Crippen LogP contribution in [0.1, 0.15) is 48.3 Å². The first-order chi connectivity index (χ1) is 13.5. The Morgan fingerprint density at radius 2 is 1.93 bits per heavy atom. The largest absolute Gasteiger partial charge is 0.364 e. The Hall–Kier alpha value is -2.87. The molecule has 8 heteroatoms. The molecule has 1 aliphatic heterocycles. The van der Waals surface area contributed by atoms with Crippen molar-refractivity contribution in [3.63, 3.8) is 0 Å². The third kappa shape index (κ3) is 3.85. The van der Waals surface area contributed by atoms with Gasteiger partial charge in [0.2, 0.25) is 0 Å². The van der Waals surface area contributed by atoms with E-state index in [-0.39, 0.29) is 17.2 Å². The fraction of sp³-hybridized carbons (Fsp3) is 0.381. The van der Waals surface area contributed by atoms with E-state index in [0.29, 0.717) is 11.3 Å². The number of hydrogen-bond acceptors (Lipinski definition) is 4. The highest BCUT2D eigenvalue weighted by molar-refractivity contribution is 5.97. The van der Waals surface area contributed by atoms with Crippen LogP contribution < -0.4 is 11.1 Å². The molecule has 1 aromatic heterocycles. The number of benzene rings is 1. The van der Waals surface area contributed by atoms with E-state index in [1.165, 1.54) is 31.3 Å². The number of halogens is 2. The molecule has 3 atom stereocenters. The van der Waals surface area contributed by atoms with Gasteiger partial charge in [-0.2, -0.15) is 0 Å². The van der Waals surface area contributed by atoms with Crippen molar-refractivity contribution in [1.29, 1.82) is 0 Å². The fourth-order valence-electron chi connectivity index (χ4n) is 3.74. The molecule has 29 heavy (non-hydrogen) atoms. The molecule has 0 spiro atoms. The molecular weight excluding hydrogens is 380 g/mol. The van der Waals surface area contributed by atoms with Crippen molar-refractivity contribution in [2.24, 2.45) is 11.7 Å². The van der Waals surface area contributed by atoms with Crippen molar-refractivity contribution < 1.29 is 23.1 Å². The molecule has 6 nitrogen and oxygen atoms in total. The van der Waals surface area contributed by atoms with Crippen molar-refractivity contribution in [1.82, 2.24) is 4.98 Å². The Bertz CT molecular complexity index is 978. The van der Waals surface area contributed by atoms with Crippen LogP contribution in [0.4, 0.5) is 14.5 Å². The Kier molecular flexibility index (Phi) is 5.40. The number of rotatable bonds is 4. The van der Waals surface area contributed by atoms with Gasteiger partial charge in [-0.15, -0.1) is 0 Å². The summed E-state index contributed by atoms with van der Waals surface area (Å²) in [5, 5.41) is 2.70. The van der Waals surface area contributed by atoms with Gasteiger partial charge >= 0.3 is 0 Å². The van der Waals surface area contributed by atoms with Crippen LogP contribution in [-0.4, -0.2) is 28.5 Å². The van der Waals surface area contributed by atoms with Crippen LogP contribution in [0, 0.1) is 24.5 Å². The van der Waals surface area contributed by atoms with Gasteiger partial charge in [0.15, 0.2) is 11.6 Å². The van der Waals surface area contributed by atoms with Crippen molar-refractivity contribution in [3.05, 3.63) is 58.9 Å². The predicted molar refractivity (Wildman–Crippen MR) is 103 cm³/mol. The second kappa shape index (κ2) is 7.51. The highest BCUT2D eigenvalue weighted by Gasteiger charge is 2.51. The number of nitrogens with zero attached hydrogens (tertiary/aromatic N) is 1. The maximum Gasteiger partial charge on any atom is 0.267 e. The number of ether oxygens (including phenoxy) is 1. The normalized spacial score (nSPS) is 23.0. The number of aromatic nitrogens is 1. The van der Waals surface area contributed by atoms with E-state index in [2.05, 4.69) is 10.3 Å². The molecule has 0 bridgehead atoms. The third-order valence-corrected chi connectivity index (χ3v) is 5.67. The molecule has 1 aromatic carbocycles. The second-order valence-electron chi connectivity index (χ2n) is 7.82. The van der Waals surface area contributed by atoms with Gasteiger partial charge < -0.3 is 15.8 Å². The van der Waals surface area contributed by atoms with Gasteiger partial charge in [-0.1, -0.05) is 13.0 Å². The summed E-state index contributed by atoms with van der Waals surface area (Å²) < 4.78 is 33.8. The second-order valence-corrected chi connectivity index (χ2v) is 7.82. The van der Waals surface area contributed by atoms with Crippen molar-refractivity contribution in [2.75, 3.05) is 5.32 Å². The molecule has 0 saturated carbocycles. The van der Waals surface area contributed by atoms with Crippen LogP contribution in [0.3, 0.4) is 0 Å². The van der Waals surface area contributed by atoms with E-state index in [9.17, 15) is 18.4 Å². The minimum absolute atomic E-state index is 0.0110. The molecule has 1 aliphatic rings. The molecule has 0 radical (unpaired) electrons. The lowest BCUT2D eigenvalue weighted by Gasteiger charge is -2.25. The van der Waals surface area contributed by atoms with Crippen LogP contribution in [-0.2, 0) is 9.53 Å². The number of amides is 2. The summed E-state index contributed by atoms with van der Waals surface area (Å²) in [6, 6.07) is 5.44. The predicted octanol–water partition coefficient (Wildman–Crippen LogP) is 3.30. The number of pyridine rings is 1. The molecule has 0 unspecified atom stereocenters. The Morgan fingerprint density at radius 1 is 1.24 bits per heavy atom. The molecular formula is C21H23F2N3O3. The number of nitrogens with two attached hydrogens (primary N) is 1. The van der Waals surface area contributed by atoms with Crippen molar-refractivity contribution in [2.45, 2.75) is 45.3 Å². The maximum atomic E-state index is 14.2. The first kappa shape index (κ1) is 20.9. The summed E-state index contributed by atoms with van der Waals surface area (Å²) in [6.45, 7) is 7.11. The zero-order chi connectivity index (χ0) is 21.5. The van der Waals surface area contributed by atoms with Gasteiger partial charge in [-0.05, 0) is 56.0 Å². The van der Waals surface area contributed by atoms with E-state index in [4.69, 9.17) is 10.5 Å². The maximum absolute atomic E-state index is 14.2. The zero-order valence-electron chi connectivity index (χ0n) is 16.6. The average molecular weight is 403 g/mol. The molecule has 154 valence electrons. The summed E-state index contributed by atoms with van der Waals surface area (Å²) >= 11 is 0. The topological polar surface area (TPSA) is 94.3 Å². The summed E-state index contributed by atoms with van der Waals surface area (Å²) in [5.74, 6) is -3.69. The monoisotopic (exact) mass is 403 g/mol. The average Bonchev–Trinajstić information content (AvgIpc) is 2.90. The van der Waals surface area contributed by atoms with E-state index in [1.807, 2.05) is 20.8 Å². The van der Waals surface area contributed by atoms with Crippen LogP contribution in [0.15, 0.2) is 30.5 Å². The first-order valence-electron chi connectivity index (χ1n) is 9.22. The molecule has 2 aromatic rings. The number of primary amides is 1.